The van der Waals surface area contributed by atoms with E-state index in [2.05, 4.69) is 20.8 Å². The molecule has 0 N–H and O–H groups in total. The quantitative estimate of drug-likeness (QED) is 0.514. The Morgan fingerprint density at radius 2 is 2.00 bits per heavy atom. The van der Waals surface area contributed by atoms with Crippen LogP contribution in [-0.2, 0) is 9.47 Å². The maximum Gasteiger partial charge on any atom is 0.137 e. The highest BCUT2D eigenvalue weighted by Crippen LogP contribution is 2.24. The van der Waals surface area contributed by atoms with Crippen molar-refractivity contribution in [2.24, 2.45) is 5.41 Å². The first-order valence-corrected chi connectivity index (χ1v) is 3.53. The highest BCUT2D eigenvalue weighted by molar-refractivity contribution is 4.81. The van der Waals surface area contributed by atoms with E-state index in [1.54, 1.807) is 12.5 Å². The molecular weight excluding hydrogens is 128 g/mol. The fraction of sp³-hybridized carbons (Fsp3) is 0.750. The lowest BCUT2D eigenvalue weighted by Gasteiger charge is -2.31. The van der Waals surface area contributed by atoms with E-state index in [1.807, 2.05) is 0 Å². The van der Waals surface area contributed by atoms with E-state index in [1.165, 1.54) is 0 Å². The lowest BCUT2D eigenvalue weighted by molar-refractivity contribution is -0.0298. The van der Waals surface area contributed by atoms with Crippen molar-refractivity contribution in [1.29, 1.82) is 0 Å². The molecule has 1 unspecified atom stereocenters. The van der Waals surface area contributed by atoms with Crippen LogP contribution in [0.5, 0.6) is 0 Å². The zero-order chi connectivity index (χ0) is 7.61. The number of hydrogen-bond donors (Lipinski definition) is 0. The largest absolute Gasteiger partial charge is 0.494 e. The fourth-order valence-electron chi connectivity index (χ4n) is 0.803. The highest BCUT2D eigenvalue weighted by Gasteiger charge is 2.27. The molecule has 1 aliphatic rings. The lowest BCUT2D eigenvalue weighted by Crippen LogP contribution is -2.33. The normalized spacial score (nSPS) is 25.3. The summed E-state index contributed by atoms with van der Waals surface area (Å²) in [7, 11) is 0. The van der Waals surface area contributed by atoms with Gasteiger partial charge in [0, 0.05) is 5.41 Å². The average Bonchev–Trinajstić information content (AvgIpc) is 1.88. The fourth-order valence-corrected chi connectivity index (χ4v) is 0.803. The second kappa shape index (κ2) is 2.52. The third-order valence-electron chi connectivity index (χ3n) is 1.61. The van der Waals surface area contributed by atoms with Crippen LogP contribution in [0.3, 0.4) is 0 Å². The van der Waals surface area contributed by atoms with E-state index in [4.69, 9.17) is 9.47 Å². The Morgan fingerprint density at radius 1 is 1.30 bits per heavy atom. The minimum absolute atomic E-state index is 0.171. The van der Waals surface area contributed by atoms with Crippen LogP contribution < -0.4 is 0 Å². The van der Waals surface area contributed by atoms with Gasteiger partial charge in [-0.25, -0.2) is 0 Å². The van der Waals surface area contributed by atoms with Crippen molar-refractivity contribution in [3.63, 3.8) is 0 Å². The molecule has 2 nitrogen and oxygen atoms in total. The van der Waals surface area contributed by atoms with E-state index in [0.29, 0.717) is 6.61 Å². The second-order valence-corrected chi connectivity index (χ2v) is 3.60. The molecule has 58 valence electrons. The molecule has 0 aromatic heterocycles. The van der Waals surface area contributed by atoms with Crippen molar-refractivity contribution in [3.05, 3.63) is 12.5 Å². The maximum atomic E-state index is 5.34. The van der Waals surface area contributed by atoms with Crippen molar-refractivity contribution < 1.29 is 9.47 Å². The summed E-state index contributed by atoms with van der Waals surface area (Å²) < 4.78 is 10.4. The molecule has 0 aromatic rings. The van der Waals surface area contributed by atoms with Crippen LogP contribution in [0.2, 0.25) is 0 Å². The molecule has 0 spiro atoms. The van der Waals surface area contributed by atoms with E-state index in [0.717, 1.165) is 0 Å². The summed E-state index contributed by atoms with van der Waals surface area (Å²) in [5.41, 5.74) is 0.171. The van der Waals surface area contributed by atoms with E-state index in [9.17, 15) is 0 Å². The van der Waals surface area contributed by atoms with Gasteiger partial charge < -0.3 is 9.47 Å². The Hall–Kier alpha value is -0.660. The smallest absolute Gasteiger partial charge is 0.137 e. The van der Waals surface area contributed by atoms with Gasteiger partial charge in [-0.05, 0) is 0 Å². The average molecular weight is 142 g/mol. The van der Waals surface area contributed by atoms with E-state index < -0.39 is 0 Å². The van der Waals surface area contributed by atoms with Gasteiger partial charge in [0.15, 0.2) is 0 Å². The third kappa shape index (κ3) is 1.66. The molecule has 10 heavy (non-hydrogen) atoms. The van der Waals surface area contributed by atoms with Crippen LogP contribution >= 0.6 is 0 Å². The van der Waals surface area contributed by atoms with E-state index >= 15 is 0 Å². The molecule has 0 aliphatic carbocycles. The predicted molar refractivity (Wildman–Crippen MR) is 39.4 cm³/mol. The van der Waals surface area contributed by atoms with Crippen molar-refractivity contribution >= 4 is 0 Å². The zero-order valence-electron chi connectivity index (χ0n) is 6.76. The Bertz CT molecular complexity index is 133. The minimum Gasteiger partial charge on any atom is -0.494 e. The highest BCUT2D eigenvalue weighted by atomic mass is 16.6. The Balaban J connectivity index is 2.49. The Kier molecular flexibility index (Phi) is 1.88. The third-order valence-corrected chi connectivity index (χ3v) is 1.61. The van der Waals surface area contributed by atoms with Crippen LogP contribution in [0.1, 0.15) is 20.8 Å². The summed E-state index contributed by atoms with van der Waals surface area (Å²) in [5, 5.41) is 0. The van der Waals surface area contributed by atoms with Gasteiger partial charge in [0.1, 0.15) is 25.2 Å². The summed E-state index contributed by atoms with van der Waals surface area (Å²) in [5.74, 6) is 0. The van der Waals surface area contributed by atoms with Crippen molar-refractivity contribution in [2.75, 3.05) is 6.61 Å². The van der Waals surface area contributed by atoms with Crippen LogP contribution in [-0.4, -0.2) is 12.7 Å². The molecule has 0 saturated heterocycles. The second-order valence-electron chi connectivity index (χ2n) is 3.60. The first-order chi connectivity index (χ1) is 4.61. The molecule has 2 heteroatoms. The van der Waals surface area contributed by atoms with Gasteiger partial charge in [0.05, 0.1) is 0 Å². The van der Waals surface area contributed by atoms with Crippen molar-refractivity contribution in [3.8, 4) is 0 Å². The maximum absolute atomic E-state index is 5.34. The first-order valence-electron chi connectivity index (χ1n) is 3.53. The number of rotatable bonds is 0. The molecule has 1 rings (SSSR count). The van der Waals surface area contributed by atoms with Crippen LogP contribution in [0.15, 0.2) is 12.5 Å². The Morgan fingerprint density at radius 3 is 2.30 bits per heavy atom. The van der Waals surface area contributed by atoms with Crippen molar-refractivity contribution in [2.45, 2.75) is 26.9 Å². The molecule has 1 atom stereocenters. The predicted octanol–water partition coefficient (Wildman–Crippen LogP) is 1.92. The molecule has 1 heterocycles. The standard InChI is InChI=1S/C8H14O2/c1-8(2,3)7-6-9-4-5-10-7/h4-5,7H,6H2,1-3H3. The molecule has 0 saturated carbocycles. The molecular formula is C8H14O2. The molecule has 0 radical (unpaired) electrons. The summed E-state index contributed by atoms with van der Waals surface area (Å²) in [4.78, 5) is 0. The topological polar surface area (TPSA) is 18.5 Å². The molecule has 1 aliphatic heterocycles. The van der Waals surface area contributed by atoms with Gasteiger partial charge in [0.2, 0.25) is 0 Å². The summed E-state index contributed by atoms with van der Waals surface area (Å²) in [6, 6.07) is 0. The monoisotopic (exact) mass is 142 g/mol. The van der Waals surface area contributed by atoms with Gasteiger partial charge in [0.25, 0.3) is 0 Å². The summed E-state index contributed by atoms with van der Waals surface area (Å²) in [6.45, 7) is 7.08. The first kappa shape index (κ1) is 7.45. The summed E-state index contributed by atoms with van der Waals surface area (Å²) in [6.07, 6.45) is 3.39. The van der Waals surface area contributed by atoms with Gasteiger partial charge >= 0.3 is 0 Å². The van der Waals surface area contributed by atoms with Crippen LogP contribution in [0.25, 0.3) is 0 Å². The van der Waals surface area contributed by atoms with Crippen LogP contribution in [0, 0.1) is 5.41 Å². The SMILES string of the molecule is CC(C)(C)C1COC=CO1. The molecule has 0 fully saturated rings. The molecule has 0 bridgehead atoms. The summed E-state index contributed by atoms with van der Waals surface area (Å²) >= 11 is 0. The van der Waals surface area contributed by atoms with Crippen LogP contribution in [0.4, 0.5) is 0 Å². The number of hydrogen-bond acceptors (Lipinski definition) is 2. The minimum atomic E-state index is 0.171. The van der Waals surface area contributed by atoms with E-state index in [-0.39, 0.29) is 11.5 Å². The molecule has 0 amide bonds. The molecule has 0 aromatic carbocycles. The Labute approximate surface area is 61.8 Å². The lowest BCUT2D eigenvalue weighted by atomic mass is 9.89. The zero-order valence-corrected chi connectivity index (χ0v) is 6.76. The van der Waals surface area contributed by atoms with Gasteiger partial charge in [-0.2, -0.15) is 0 Å². The van der Waals surface area contributed by atoms with Crippen molar-refractivity contribution in [1.82, 2.24) is 0 Å². The van der Waals surface area contributed by atoms with Gasteiger partial charge in [-0.15, -0.1) is 0 Å². The van der Waals surface area contributed by atoms with Gasteiger partial charge in [-0.3, -0.25) is 0 Å². The van der Waals surface area contributed by atoms with Gasteiger partial charge in [-0.1, -0.05) is 20.8 Å². The number of ether oxygens (including phenoxy) is 2.